The molecular formula is C21H30N2O5. The summed E-state index contributed by atoms with van der Waals surface area (Å²) in [4.78, 5) is 35.0. The van der Waals surface area contributed by atoms with Crippen molar-refractivity contribution in [2.45, 2.75) is 52.7 Å². The van der Waals surface area contributed by atoms with E-state index in [2.05, 4.69) is 5.32 Å². The van der Waals surface area contributed by atoms with E-state index in [-0.39, 0.29) is 17.8 Å². The molecule has 0 saturated carbocycles. The molecule has 0 aliphatic carbocycles. The zero-order valence-electron chi connectivity index (χ0n) is 17.2. The van der Waals surface area contributed by atoms with Crippen molar-refractivity contribution < 1.29 is 23.9 Å². The highest BCUT2D eigenvalue weighted by Gasteiger charge is 2.30. The van der Waals surface area contributed by atoms with Gasteiger partial charge in [-0.3, -0.25) is 9.59 Å². The Balaban J connectivity index is 2.52. The average Bonchev–Trinajstić information content (AvgIpc) is 2.60. The number of nitrogens with one attached hydrogen (secondary N) is 1. The number of amides is 2. The molecule has 0 radical (unpaired) electrons. The highest BCUT2D eigenvalue weighted by molar-refractivity contribution is 5.93. The van der Waals surface area contributed by atoms with Gasteiger partial charge in [0.05, 0.1) is 7.11 Å². The number of allylic oxidation sites excluding steroid dienone is 4. The number of rotatable bonds is 8. The molecule has 0 saturated heterocycles. The lowest BCUT2D eigenvalue weighted by Gasteiger charge is -2.28. The minimum absolute atomic E-state index is 0.209. The van der Waals surface area contributed by atoms with Gasteiger partial charge in [0.1, 0.15) is 12.1 Å². The van der Waals surface area contributed by atoms with Crippen LogP contribution in [-0.2, 0) is 23.9 Å². The van der Waals surface area contributed by atoms with Crippen LogP contribution in [0.1, 0.15) is 40.5 Å². The van der Waals surface area contributed by atoms with Crippen molar-refractivity contribution in [2.75, 3.05) is 7.11 Å². The number of methoxy groups -OCH3 is 1. The molecule has 1 aliphatic rings. The monoisotopic (exact) mass is 390 g/mol. The maximum Gasteiger partial charge on any atom is 0.373 e. The maximum absolute atomic E-state index is 11.9. The van der Waals surface area contributed by atoms with Gasteiger partial charge in [-0.05, 0) is 18.4 Å². The van der Waals surface area contributed by atoms with E-state index in [0.29, 0.717) is 12.8 Å². The quantitative estimate of drug-likeness (QED) is 0.376. The van der Waals surface area contributed by atoms with E-state index in [9.17, 15) is 14.4 Å². The van der Waals surface area contributed by atoms with Crippen LogP contribution in [0.4, 0.5) is 0 Å². The normalized spacial score (nSPS) is 19.3. The first-order valence-corrected chi connectivity index (χ1v) is 9.11. The largest absolute Gasteiger partial charge is 0.490 e. The Morgan fingerprint density at radius 2 is 2.00 bits per heavy atom. The van der Waals surface area contributed by atoms with Gasteiger partial charge in [-0.25, -0.2) is 4.79 Å². The molecule has 7 nitrogen and oxygen atoms in total. The van der Waals surface area contributed by atoms with Crippen LogP contribution in [0.25, 0.3) is 0 Å². The van der Waals surface area contributed by atoms with Crippen molar-refractivity contribution in [2.24, 2.45) is 11.1 Å². The summed E-state index contributed by atoms with van der Waals surface area (Å²) in [6, 6.07) is -0.749. The molecule has 3 N–H and O–H groups in total. The lowest BCUT2D eigenvalue weighted by molar-refractivity contribution is -0.149. The fraction of sp³-hybridized carbons (Fsp3) is 0.476. The van der Waals surface area contributed by atoms with Gasteiger partial charge in [-0.1, -0.05) is 50.6 Å². The second kappa shape index (κ2) is 10.5. The molecule has 1 rings (SSSR count). The van der Waals surface area contributed by atoms with E-state index in [4.69, 9.17) is 15.2 Å². The van der Waals surface area contributed by atoms with E-state index in [1.165, 1.54) is 13.2 Å². The van der Waals surface area contributed by atoms with Crippen LogP contribution in [0.2, 0.25) is 0 Å². The number of ether oxygens (including phenoxy) is 2. The molecule has 0 fully saturated rings. The van der Waals surface area contributed by atoms with Crippen molar-refractivity contribution in [3.8, 4) is 0 Å². The Kier molecular flexibility index (Phi) is 8.70. The summed E-state index contributed by atoms with van der Waals surface area (Å²) in [6.45, 7) is 7.40. The van der Waals surface area contributed by atoms with E-state index in [1.807, 2.05) is 39.8 Å². The molecule has 0 aromatic rings. The molecule has 2 atom stereocenters. The summed E-state index contributed by atoms with van der Waals surface area (Å²) in [5.41, 5.74) is 5.84. The van der Waals surface area contributed by atoms with Gasteiger partial charge in [-0.2, -0.15) is 0 Å². The van der Waals surface area contributed by atoms with Crippen LogP contribution in [0.3, 0.4) is 0 Å². The van der Waals surface area contributed by atoms with Gasteiger partial charge in [0.25, 0.3) is 0 Å². The van der Waals surface area contributed by atoms with Crippen LogP contribution < -0.4 is 11.1 Å². The van der Waals surface area contributed by atoms with Crippen molar-refractivity contribution in [1.82, 2.24) is 5.32 Å². The molecule has 154 valence electrons. The van der Waals surface area contributed by atoms with Crippen LogP contribution in [0, 0.1) is 5.41 Å². The van der Waals surface area contributed by atoms with Crippen molar-refractivity contribution in [1.29, 1.82) is 0 Å². The third-order valence-electron chi connectivity index (χ3n) is 4.12. The third kappa shape index (κ3) is 7.82. The Hall–Kier alpha value is -2.83. The number of cyclic esters (lactones) is 1. The molecule has 28 heavy (non-hydrogen) atoms. The summed E-state index contributed by atoms with van der Waals surface area (Å²) >= 11 is 0. The first kappa shape index (κ1) is 23.2. The zero-order chi connectivity index (χ0) is 21.3. The molecule has 0 aromatic carbocycles. The first-order valence-electron chi connectivity index (χ1n) is 9.11. The van der Waals surface area contributed by atoms with Crippen molar-refractivity contribution in [3.05, 3.63) is 47.8 Å². The minimum atomic E-state index is -0.749. The highest BCUT2D eigenvalue weighted by atomic mass is 16.6. The van der Waals surface area contributed by atoms with E-state index >= 15 is 0 Å². The van der Waals surface area contributed by atoms with Crippen molar-refractivity contribution >= 4 is 17.8 Å². The van der Waals surface area contributed by atoms with Gasteiger partial charge in [-0.15, -0.1) is 0 Å². The summed E-state index contributed by atoms with van der Waals surface area (Å²) in [5, 5.41) is 2.61. The third-order valence-corrected chi connectivity index (χ3v) is 4.12. The Morgan fingerprint density at radius 1 is 1.36 bits per heavy atom. The van der Waals surface area contributed by atoms with Gasteiger partial charge in [0.2, 0.25) is 11.8 Å². The Morgan fingerprint density at radius 3 is 2.54 bits per heavy atom. The van der Waals surface area contributed by atoms with E-state index < -0.39 is 23.3 Å². The van der Waals surface area contributed by atoms with Crippen LogP contribution in [0.5, 0.6) is 0 Å². The van der Waals surface area contributed by atoms with Gasteiger partial charge >= 0.3 is 5.97 Å². The Bertz CT molecular complexity index is 711. The Labute approximate surface area is 166 Å². The van der Waals surface area contributed by atoms with Crippen LogP contribution in [-0.4, -0.2) is 37.0 Å². The topological polar surface area (TPSA) is 108 Å². The first-order chi connectivity index (χ1) is 13.0. The zero-order valence-corrected chi connectivity index (χ0v) is 17.2. The fourth-order valence-corrected chi connectivity index (χ4v) is 2.53. The number of carbonyl (C=O) groups excluding carboxylic acids is 3. The van der Waals surface area contributed by atoms with Gasteiger partial charge in [0.15, 0.2) is 5.76 Å². The molecule has 2 unspecified atom stereocenters. The van der Waals surface area contributed by atoms with Crippen molar-refractivity contribution in [3.63, 3.8) is 0 Å². The lowest BCUT2D eigenvalue weighted by Crippen LogP contribution is -2.51. The molecule has 1 aliphatic heterocycles. The predicted molar refractivity (Wildman–Crippen MR) is 107 cm³/mol. The summed E-state index contributed by atoms with van der Waals surface area (Å²) in [6.07, 6.45) is 11.2. The number of nitrogens with two attached hydrogens (primary N) is 1. The highest BCUT2D eigenvalue weighted by Crippen LogP contribution is 2.19. The number of carbonyl (C=O) groups is 3. The standard InChI is InChI=1S/C21H30N2O5/c1-14(10-11-15-12-13-16(27-5)20(26)28-15)8-6-7-9-17(24)23-18(19(22)25)21(2,3)4/h6-10,13,15,18H,11-12H2,1-5H3,(H2,22,25)(H,23,24)/b8-6-,9-7-,14-10+. The summed E-state index contributed by atoms with van der Waals surface area (Å²) in [7, 11) is 1.44. The molecular weight excluding hydrogens is 360 g/mol. The number of hydrogen-bond donors (Lipinski definition) is 2. The maximum atomic E-state index is 11.9. The second-order valence-corrected chi connectivity index (χ2v) is 7.65. The minimum Gasteiger partial charge on any atom is -0.490 e. The molecule has 0 bridgehead atoms. The number of primary amides is 1. The molecule has 7 heteroatoms. The smallest absolute Gasteiger partial charge is 0.373 e. The number of esters is 1. The second-order valence-electron chi connectivity index (χ2n) is 7.65. The summed E-state index contributed by atoms with van der Waals surface area (Å²) < 4.78 is 10.2. The molecule has 0 spiro atoms. The van der Waals surface area contributed by atoms with Crippen LogP contribution >= 0.6 is 0 Å². The SMILES string of the molecule is COC1=CCC(C/C=C(C)/C=C\C=C/C(=O)NC(C(N)=O)C(C)(C)C)OC1=O. The van der Waals surface area contributed by atoms with E-state index in [0.717, 1.165) is 5.57 Å². The fourth-order valence-electron chi connectivity index (χ4n) is 2.53. The molecule has 0 aromatic heterocycles. The van der Waals surface area contributed by atoms with Gasteiger partial charge < -0.3 is 20.5 Å². The molecule has 2 amide bonds. The summed E-state index contributed by atoms with van der Waals surface area (Å²) in [5.74, 6) is -1.16. The lowest BCUT2D eigenvalue weighted by atomic mass is 9.86. The number of hydrogen-bond acceptors (Lipinski definition) is 5. The van der Waals surface area contributed by atoms with Crippen LogP contribution in [0.15, 0.2) is 47.8 Å². The van der Waals surface area contributed by atoms with Gasteiger partial charge in [0, 0.05) is 18.9 Å². The average molecular weight is 390 g/mol. The predicted octanol–water partition coefficient (Wildman–Crippen LogP) is 2.30. The molecule has 1 heterocycles. The van der Waals surface area contributed by atoms with E-state index in [1.54, 1.807) is 18.2 Å².